The fourth-order valence-corrected chi connectivity index (χ4v) is 2.02. The van der Waals surface area contributed by atoms with Crippen LogP contribution in [-0.4, -0.2) is 17.6 Å². The summed E-state index contributed by atoms with van der Waals surface area (Å²) in [4.78, 5) is 11.0. The summed E-state index contributed by atoms with van der Waals surface area (Å²) in [6.45, 7) is 4.34. The van der Waals surface area contributed by atoms with Crippen molar-refractivity contribution in [2.24, 2.45) is 11.7 Å². The van der Waals surface area contributed by atoms with Gasteiger partial charge in [0.1, 0.15) is 0 Å². The van der Waals surface area contributed by atoms with Gasteiger partial charge in [0, 0.05) is 6.54 Å². The van der Waals surface area contributed by atoms with E-state index in [2.05, 4.69) is 31.2 Å². The van der Waals surface area contributed by atoms with E-state index < -0.39 is 11.9 Å². The maximum absolute atomic E-state index is 11.0. The minimum atomic E-state index is -0.793. The Kier molecular flexibility index (Phi) is 5.16. The summed E-state index contributed by atoms with van der Waals surface area (Å²) in [6.07, 6.45) is 1.55. The predicted octanol–water partition coefficient (Wildman–Crippen LogP) is 2.54. The molecule has 1 rings (SSSR count). The molecular weight excluding hydrogens is 214 g/mol. The van der Waals surface area contributed by atoms with Gasteiger partial charge in [-0.05, 0) is 31.2 Å². The molecule has 0 aliphatic heterocycles. The van der Waals surface area contributed by atoms with Gasteiger partial charge in [0.05, 0.1) is 5.92 Å². The highest BCUT2D eigenvalue weighted by Crippen LogP contribution is 2.27. The van der Waals surface area contributed by atoms with Crippen molar-refractivity contribution in [1.29, 1.82) is 0 Å². The summed E-state index contributed by atoms with van der Waals surface area (Å²) in [6, 6.07) is 8.30. The van der Waals surface area contributed by atoms with Crippen molar-refractivity contribution in [1.82, 2.24) is 0 Å². The van der Waals surface area contributed by atoms with Crippen LogP contribution >= 0.6 is 0 Å². The van der Waals surface area contributed by atoms with Gasteiger partial charge >= 0.3 is 5.97 Å². The minimum Gasteiger partial charge on any atom is -0.481 e. The van der Waals surface area contributed by atoms with Crippen molar-refractivity contribution in [3.63, 3.8) is 0 Å². The number of aryl methyl sites for hydroxylation is 1. The average Bonchev–Trinajstić information content (AvgIpc) is 2.32. The number of nitrogens with two attached hydrogens (primary N) is 1. The molecule has 1 aromatic rings. The number of carbonyl (C=O) groups is 1. The van der Waals surface area contributed by atoms with Crippen LogP contribution in [0, 0.1) is 12.8 Å². The SMILES string of the molecule is CCC(CC(CN)C(=O)O)c1ccc(C)cc1. The van der Waals surface area contributed by atoms with Crippen molar-refractivity contribution in [2.45, 2.75) is 32.6 Å². The fourth-order valence-electron chi connectivity index (χ4n) is 2.02. The average molecular weight is 235 g/mol. The minimum absolute atomic E-state index is 0.206. The summed E-state index contributed by atoms with van der Waals surface area (Å²) in [7, 11) is 0. The summed E-state index contributed by atoms with van der Waals surface area (Å²) < 4.78 is 0. The Morgan fingerprint density at radius 3 is 2.35 bits per heavy atom. The molecule has 0 saturated carbocycles. The first-order chi connectivity index (χ1) is 8.08. The molecule has 3 heteroatoms. The predicted molar refractivity (Wildman–Crippen MR) is 69.0 cm³/mol. The normalized spacial score (nSPS) is 14.3. The summed E-state index contributed by atoms with van der Waals surface area (Å²) >= 11 is 0. The van der Waals surface area contributed by atoms with E-state index >= 15 is 0 Å². The number of rotatable bonds is 6. The molecule has 0 radical (unpaired) electrons. The van der Waals surface area contributed by atoms with Crippen LogP contribution in [0.2, 0.25) is 0 Å². The first kappa shape index (κ1) is 13.7. The van der Waals surface area contributed by atoms with Crippen molar-refractivity contribution in [3.05, 3.63) is 35.4 Å². The molecule has 0 aliphatic rings. The number of benzene rings is 1. The Morgan fingerprint density at radius 1 is 1.35 bits per heavy atom. The molecule has 0 amide bonds. The van der Waals surface area contributed by atoms with E-state index in [-0.39, 0.29) is 12.5 Å². The highest BCUT2D eigenvalue weighted by Gasteiger charge is 2.21. The zero-order valence-electron chi connectivity index (χ0n) is 10.5. The van der Waals surface area contributed by atoms with E-state index in [4.69, 9.17) is 10.8 Å². The maximum Gasteiger partial charge on any atom is 0.307 e. The van der Waals surface area contributed by atoms with E-state index in [1.54, 1.807) is 0 Å². The van der Waals surface area contributed by atoms with Gasteiger partial charge < -0.3 is 10.8 Å². The van der Waals surface area contributed by atoms with Gasteiger partial charge in [-0.15, -0.1) is 0 Å². The van der Waals surface area contributed by atoms with Gasteiger partial charge in [0.15, 0.2) is 0 Å². The van der Waals surface area contributed by atoms with Crippen LogP contribution in [0.25, 0.3) is 0 Å². The third kappa shape index (κ3) is 3.86. The lowest BCUT2D eigenvalue weighted by Gasteiger charge is -2.19. The Hall–Kier alpha value is -1.35. The van der Waals surface area contributed by atoms with Crippen molar-refractivity contribution < 1.29 is 9.90 Å². The van der Waals surface area contributed by atoms with E-state index in [9.17, 15) is 4.79 Å². The van der Waals surface area contributed by atoms with Gasteiger partial charge in [-0.2, -0.15) is 0 Å². The Morgan fingerprint density at radius 2 is 1.94 bits per heavy atom. The lowest BCUT2D eigenvalue weighted by atomic mass is 9.86. The quantitative estimate of drug-likeness (QED) is 0.796. The first-order valence-corrected chi connectivity index (χ1v) is 6.07. The topological polar surface area (TPSA) is 63.3 Å². The third-order valence-corrected chi connectivity index (χ3v) is 3.24. The number of hydrogen-bond acceptors (Lipinski definition) is 2. The van der Waals surface area contributed by atoms with Crippen LogP contribution in [0.5, 0.6) is 0 Å². The van der Waals surface area contributed by atoms with Gasteiger partial charge in [-0.3, -0.25) is 4.79 Å². The molecule has 17 heavy (non-hydrogen) atoms. The van der Waals surface area contributed by atoms with Gasteiger partial charge in [0.2, 0.25) is 0 Å². The second-order valence-electron chi connectivity index (χ2n) is 4.52. The zero-order chi connectivity index (χ0) is 12.8. The first-order valence-electron chi connectivity index (χ1n) is 6.07. The number of carboxylic acid groups (broad SMARTS) is 1. The molecule has 0 aromatic heterocycles. The molecule has 2 unspecified atom stereocenters. The second kappa shape index (κ2) is 6.40. The van der Waals surface area contributed by atoms with Crippen LogP contribution in [0.1, 0.15) is 36.8 Å². The monoisotopic (exact) mass is 235 g/mol. The standard InChI is InChI=1S/C14H21NO2/c1-3-11(8-13(9-15)14(16)17)12-6-4-10(2)5-7-12/h4-7,11,13H,3,8-9,15H2,1-2H3,(H,16,17). The highest BCUT2D eigenvalue weighted by molar-refractivity contribution is 5.70. The molecule has 3 N–H and O–H groups in total. The fraction of sp³-hybridized carbons (Fsp3) is 0.500. The molecule has 94 valence electrons. The van der Waals surface area contributed by atoms with Crippen LogP contribution in [0.3, 0.4) is 0 Å². The molecule has 0 spiro atoms. The number of aliphatic carboxylic acids is 1. The summed E-state index contributed by atoms with van der Waals surface area (Å²) in [5.41, 5.74) is 7.92. The summed E-state index contributed by atoms with van der Waals surface area (Å²) in [5.74, 6) is -0.959. The largest absolute Gasteiger partial charge is 0.481 e. The zero-order valence-corrected chi connectivity index (χ0v) is 10.5. The molecule has 0 saturated heterocycles. The molecule has 2 atom stereocenters. The molecule has 0 heterocycles. The van der Waals surface area contributed by atoms with E-state index in [1.165, 1.54) is 11.1 Å². The smallest absolute Gasteiger partial charge is 0.307 e. The van der Waals surface area contributed by atoms with Crippen LogP contribution in [-0.2, 0) is 4.79 Å². The molecule has 0 bridgehead atoms. The molecule has 3 nitrogen and oxygen atoms in total. The van der Waals surface area contributed by atoms with Crippen molar-refractivity contribution in [2.75, 3.05) is 6.54 Å². The lowest BCUT2D eigenvalue weighted by Crippen LogP contribution is -2.25. The highest BCUT2D eigenvalue weighted by atomic mass is 16.4. The lowest BCUT2D eigenvalue weighted by molar-refractivity contribution is -0.141. The maximum atomic E-state index is 11.0. The van der Waals surface area contributed by atoms with E-state index in [0.717, 1.165) is 6.42 Å². The second-order valence-corrected chi connectivity index (χ2v) is 4.52. The van der Waals surface area contributed by atoms with Crippen molar-refractivity contribution >= 4 is 5.97 Å². The molecular formula is C14H21NO2. The Bertz CT molecular complexity index is 359. The van der Waals surface area contributed by atoms with Gasteiger partial charge in [-0.1, -0.05) is 36.8 Å². The molecule has 0 aliphatic carbocycles. The third-order valence-electron chi connectivity index (χ3n) is 3.24. The van der Waals surface area contributed by atoms with Crippen LogP contribution < -0.4 is 5.73 Å². The van der Waals surface area contributed by atoms with Crippen LogP contribution in [0.4, 0.5) is 0 Å². The van der Waals surface area contributed by atoms with Crippen LogP contribution in [0.15, 0.2) is 24.3 Å². The number of carboxylic acids is 1. The number of hydrogen-bond donors (Lipinski definition) is 2. The van der Waals surface area contributed by atoms with Gasteiger partial charge in [-0.25, -0.2) is 0 Å². The Labute approximate surface area is 103 Å². The van der Waals surface area contributed by atoms with Gasteiger partial charge in [0.25, 0.3) is 0 Å². The Balaban J connectivity index is 2.77. The van der Waals surface area contributed by atoms with E-state index in [0.29, 0.717) is 6.42 Å². The summed E-state index contributed by atoms with van der Waals surface area (Å²) in [5, 5.41) is 9.03. The van der Waals surface area contributed by atoms with E-state index in [1.807, 2.05) is 6.92 Å². The molecule has 1 aromatic carbocycles. The molecule has 0 fully saturated rings. The van der Waals surface area contributed by atoms with Crippen molar-refractivity contribution in [3.8, 4) is 0 Å².